The molecule has 0 amide bonds. The normalized spacial score (nSPS) is 11.3. The minimum atomic E-state index is 0.451. The number of hydrogen-bond acceptors (Lipinski definition) is 12. The van der Waals surface area contributed by atoms with E-state index < -0.39 is 0 Å². The number of methoxy groups -OCH3 is 2. The van der Waals surface area contributed by atoms with Gasteiger partial charge in [0.25, 0.3) is 0 Å². The van der Waals surface area contributed by atoms with Crippen LogP contribution in [0.15, 0.2) is 120 Å². The van der Waals surface area contributed by atoms with Gasteiger partial charge in [0.15, 0.2) is 0 Å². The standard InChI is InChI=1S/C40H38N12O2S2/c1-5-29-11-7-9-13-35(29)51-39(33(23-41-51)37-43-47-49(45-37)25-27-15-19-31(53-3)20-16-27)55-56-40-34(24-42-52(40)36-14-10-8-12-30(36)6-2)38-44-48-50(46-38)26-28-17-21-32(54-4)22-18-28/h7-24H,5-6,25-26H2,1-4H3. The van der Waals surface area contributed by atoms with E-state index in [2.05, 4.69) is 58.7 Å². The molecule has 0 unspecified atom stereocenters. The molecule has 0 aliphatic rings. The first-order chi connectivity index (χ1) is 27.5. The van der Waals surface area contributed by atoms with E-state index in [-0.39, 0.29) is 0 Å². The molecule has 0 atom stereocenters. The Kier molecular flexibility index (Phi) is 10.9. The van der Waals surface area contributed by atoms with Crippen LogP contribution >= 0.6 is 21.6 Å². The minimum Gasteiger partial charge on any atom is -0.497 e. The zero-order valence-electron chi connectivity index (χ0n) is 31.2. The quantitative estimate of drug-likeness (QED) is 0.0957. The lowest BCUT2D eigenvalue weighted by Crippen LogP contribution is -2.04. The summed E-state index contributed by atoms with van der Waals surface area (Å²) in [6.45, 7) is 5.18. The molecule has 0 aliphatic heterocycles. The topological polar surface area (TPSA) is 141 Å². The highest BCUT2D eigenvalue weighted by molar-refractivity contribution is 8.76. The Labute approximate surface area is 331 Å². The Morgan fingerprint density at radius 1 is 0.536 bits per heavy atom. The van der Waals surface area contributed by atoms with Gasteiger partial charge in [-0.3, -0.25) is 0 Å². The Balaban J connectivity index is 1.17. The van der Waals surface area contributed by atoms with Gasteiger partial charge in [0.2, 0.25) is 11.6 Å². The lowest BCUT2D eigenvalue weighted by atomic mass is 10.1. The number of rotatable bonds is 15. The fourth-order valence-corrected chi connectivity index (χ4v) is 8.71. The van der Waals surface area contributed by atoms with Crippen molar-refractivity contribution in [1.29, 1.82) is 0 Å². The van der Waals surface area contributed by atoms with Gasteiger partial charge in [-0.2, -0.15) is 19.8 Å². The smallest absolute Gasteiger partial charge is 0.209 e. The molecule has 16 heteroatoms. The zero-order chi connectivity index (χ0) is 38.4. The Bertz CT molecular complexity index is 2380. The summed E-state index contributed by atoms with van der Waals surface area (Å²) in [7, 11) is 6.38. The molecule has 0 fully saturated rings. The monoisotopic (exact) mass is 782 g/mol. The third kappa shape index (κ3) is 7.65. The van der Waals surface area contributed by atoms with Crippen LogP contribution in [0.25, 0.3) is 34.2 Å². The van der Waals surface area contributed by atoms with E-state index in [0.717, 1.165) is 79.1 Å². The van der Waals surface area contributed by atoms with Crippen LogP contribution in [0.3, 0.4) is 0 Å². The second kappa shape index (κ2) is 16.6. The van der Waals surface area contributed by atoms with Crippen LogP contribution in [0.2, 0.25) is 0 Å². The van der Waals surface area contributed by atoms with E-state index in [1.54, 1.807) is 36.2 Å². The third-order valence-electron chi connectivity index (χ3n) is 9.20. The molecule has 0 bridgehead atoms. The van der Waals surface area contributed by atoms with Crippen molar-refractivity contribution in [3.63, 3.8) is 0 Å². The fraction of sp³-hybridized carbons (Fsp3) is 0.200. The third-order valence-corrected chi connectivity index (χ3v) is 11.6. The molecule has 14 nitrogen and oxygen atoms in total. The number of aromatic nitrogens is 12. The van der Waals surface area contributed by atoms with Crippen LogP contribution in [-0.2, 0) is 25.9 Å². The van der Waals surface area contributed by atoms with E-state index in [9.17, 15) is 0 Å². The summed E-state index contributed by atoms with van der Waals surface area (Å²) in [6, 6.07) is 32.2. The van der Waals surface area contributed by atoms with Crippen LogP contribution in [0, 0.1) is 0 Å². The van der Waals surface area contributed by atoms with E-state index in [4.69, 9.17) is 29.9 Å². The number of aryl methyl sites for hydroxylation is 2. The van der Waals surface area contributed by atoms with Crippen molar-refractivity contribution in [2.45, 2.75) is 49.8 Å². The van der Waals surface area contributed by atoms with Crippen LogP contribution in [0.1, 0.15) is 36.1 Å². The maximum atomic E-state index is 5.32. The molecule has 0 saturated carbocycles. The molecule has 56 heavy (non-hydrogen) atoms. The molecule has 0 aliphatic carbocycles. The van der Waals surface area contributed by atoms with Crippen molar-refractivity contribution >= 4 is 21.6 Å². The van der Waals surface area contributed by atoms with Crippen molar-refractivity contribution < 1.29 is 9.47 Å². The number of hydrogen-bond donors (Lipinski definition) is 0. The van der Waals surface area contributed by atoms with Gasteiger partial charge in [-0.05, 0) is 104 Å². The number of ether oxygens (including phenoxy) is 2. The molecule has 8 rings (SSSR count). The highest BCUT2D eigenvalue weighted by Gasteiger charge is 2.25. The van der Waals surface area contributed by atoms with Crippen molar-refractivity contribution in [3.05, 3.63) is 132 Å². The second-order valence-electron chi connectivity index (χ2n) is 12.7. The van der Waals surface area contributed by atoms with Gasteiger partial charge < -0.3 is 9.47 Å². The molecule has 0 radical (unpaired) electrons. The van der Waals surface area contributed by atoms with Crippen LogP contribution < -0.4 is 9.47 Å². The minimum absolute atomic E-state index is 0.451. The average molecular weight is 783 g/mol. The second-order valence-corrected chi connectivity index (χ2v) is 14.8. The van der Waals surface area contributed by atoms with Gasteiger partial charge in [-0.1, -0.05) is 74.5 Å². The highest BCUT2D eigenvalue weighted by atomic mass is 33.1. The predicted octanol–water partition coefficient (Wildman–Crippen LogP) is 7.40. The van der Waals surface area contributed by atoms with Crippen molar-refractivity contribution in [2.75, 3.05) is 14.2 Å². The number of para-hydroxylation sites is 2. The summed E-state index contributed by atoms with van der Waals surface area (Å²) in [5.74, 6) is 2.51. The number of nitrogens with zero attached hydrogens (tertiary/aromatic N) is 12. The molecular formula is C40H38N12O2S2. The van der Waals surface area contributed by atoms with E-state index in [0.29, 0.717) is 24.7 Å². The first-order valence-electron chi connectivity index (χ1n) is 18.0. The van der Waals surface area contributed by atoms with Gasteiger partial charge in [0, 0.05) is 0 Å². The molecular weight excluding hydrogens is 745 g/mol. The van der Waals surface area contributed by atoms with Gasteiger partial charge in [-0.25, -0.2) is 9.36 Å². The highest BCUT2D eigenvalue weighted by Crippen LogP contribution is 2.46. The predicted molar refractivity (Wildman–Crippen MR) is 215 cm³/mol. The number of benzene rings is 4. The van der Waals surface area contributed by atoms with Crippen LogP contribution in [0.4, 0.5) is 0 Å². The first-order valence-corrected chi connectivity index (χ1v) is 20.2. The van der Waals surface area contributed by atoms with Gasteiger partial charge in [0.05, 0.1) is 62.2 Å². The fourth-order valence-electron chi connectivity index (χ4n) is 6.22. The van der Waals surface area contributed by atoms with Gasteiger partial charge in [0.1, 0.15) is 21.6 Å². The van der Waals surface area contributed by atoms with Crippen molar-refractivity contribution in [2.24, 2.45) is 0 Å². The summed E-state index contributed by atoms with van der Waals surface area (Å²) in [5.41, 5.74) is 7.81. The molecule has 0 saturated heterocycles. The van der Waals surface area contributed by atoms with E-state index in [1.807, 2.05) is 82.2 Å². The maximum Gasteiger partial charge on any atom is 0.209 e. The van der Waals surface area contributed by atoms with Crippen molar-refractivity contribution in [1.82, 2.24) is 60.0 Å². The summed E-state index contributed by atoms with van der Waals surface area (Å²) in [5, 5.41) is 38.9. The summed E-state index contributed by atoms with van der Waals surface area (Å²) in [6.07, 6.45) is 5.28. The SMILES string of the molecule is CCc1ccccc1-n1ncc(-c2nnn(Cc3ccc(OC)cc3)n2)c1SSc1c(-c2nnn(Cc3ccc(OC)cc3)n2)cnn1-c1ccccc1CC. The zero-order valence-corrected chi connectivity index (χ0v) is 32.9. The lowest BCUT2D eigenvalue weighted by molar-refractivity contribution is 0.414. The van der Waals surface area contributed by atoms with E-state index >= 15 is 0 Å². The molecule has 4 heterocycles. The molecule has 4 aromatic heterocycles. The van der Waals surface area contributed by atoms with Gasteiger partial charge >= 0.3 is 0 Å². The van der Waals surface area contributed by atoms with Crippen molar-refractivity contribution in [3.8, 4) is 45.6 Å². The molecule has 8 aromatic rings. The lowest BCUT2D eigenvalue weighted by Gasteiger charge is -2.14. The van der Waals surface area contributed by atoms with E-state index in [1.165, 1.54) is 21.6 Å². The Morgan fingerprint density at radius 3 is 1.34 bits per heavy atom. The summed E-state index contributed by atoms with van der Waals surface area (Å²) in [4.78, 5) is 3.18. The largest absolute Gasteiger partial charge is 0.497 e. The van der Waals surface area contributed by atoms with Crippen LogP contribution in [-0.4, -0.2) is 74.2 Å². The molecule has 4 aromatic carbocycles. The number of tetrazole rings is 2. The Hall–Kier alpha value is -6.26. The Morgan fingerprint density at radius 2 is 0.946 bits per heavy atom. The van der Waals surface area contributed by atoms with Crippen LogP contribution in [0.5, 0.6) is 11.5 Å². The molecule has 0 spiro atoms. The maximum absolute atomic E-state index is 5.32. The summed E-state index contributed by atoms with van der Waals surface area (Å²) < 4.78 is 14.6. The van der Waals surface area contributed by atoms with Gasteiger partial charge in [-0.15, -0.1) is 20.4 Å². The molecule has 282 valence electrons. The first kappa shape index (κ1) is 36.7. The molecule has 0 N–H and O–H groups in total. The summed E-state index contributed by atoms with van der Waals surface area (Å²) >= 11 is 0. The average Bonchev–Trinajstić information content (AvgIpc) is 4.07.